The number of carbonyl (C=O) groups is 1. The van der Waals surface area contributed by atoms with Gasteiger partial charge in [0.25, 0.3) is 0 Å². The SMILES string of the molecule is CC(C)COC(=O)c1ccc(-c2nn(-c3nc4ccccc4[nH]3)c(O)c2CCc2ccc(F)cc2)cc1. The Bertz CT molecular complexity index is 1500. The lowest BCUT2D eigenvalue weighted by Crippen LogP contribution is -2.10. The maximum atomic E-state index is 13.4. The fraction of sp³-hybridized carbons (Fsp3) is 0.207. The molecule has 0 saturated carbocycles. The highest BCUT2D eigenvalue weighted by molar-refractivity contribution is 5.90. The molecule has 0 amide bonds. The van der Waals surface area contributed by atoms with E-state index in [1.165, 1.54) is 16.8 Å². The Kier molecular flexibility index (Phi) is 6.72. The molecule has 8 heteroatoms. The molecular weight excluding hydrogens is 471 g/mol. The molecule has 37 heavy (non-hydrogen) atoms. The number of hydrogen-bond acceptors (Lipinski definition) is 5. The van der Waals surface area contributed by atoms with Crippen molar-refractivity contribution in [2.24, 2.45) is 5.92 Å². The molecule has 7 nitrogen and oxygen atoms in total. The lowest BCUT2D eigenvalue weighted by Gasteiger charge is -2.08. The molecule has 0 unspecified atom stereocenters. The van der Waals surface area contributed by atoms with E-state index >= 15 is 0 Å². The van der Waals surface area contributed by atoms with Crippen molar-refractivity contribution in [3.05, 3.63) is 95.3 Å². The molecule has 0 spiro atoms. The molecular formula is C29H27FN4O3. The molecule has 0 radical (unpaired) electrons. The van der Waals surface area contributed by atoms with Crippen LogP contribution in [0.4, 0.5) is 4.39 Å². The fourth-order valence-electron chi connectivity index (χ4n) is 4.10. The number of benzene rings is 3. The summed E-state index contributed by atoms with van der Waals surface area (Å²) in [5, 5.41) is 15.9. The van der Waals surface area contributed by atoms with Crippen molar-refractivity contribution < 1.29 is 19.0 Å². The van der Waals surface area contributed by atoms with Crippen LogP contribution in [0, 0.1) is 11.7 Å². The average Bonchev–Trinajstić information content (AvgIpc) is 3.48. The zero-order valence-electron chi connectivity index (χ0n) is 20.6. The van der Waals surface area contributed by atoms with E-state index in [1.54, 1.807) is 36.4 Å². The molecule has 2 N–H and O–H groups in total. The van der Waals surface area contributed by atoms with Gasteiger partial charge in [0.05, 0.1) is 23.2 Å². The summed E-state index contributed by atoms with van der Waals surface area (Å²) in [5.74, 6) is -0.0695. The van der Waals surface area contributed by atoms with E-state index in [0.29, 0.717) is 42.2 Å². The van der Waals surface area contributed by atoms with Gasteiger partial charge in [-0.25, -0.2) is 14.2 Å². The molecule has 0 saturated heterocycles. The van der Waals surface area contributed by atoms with Gasteiger partial charge in [0.2, 0.25) is 11.8 Å². The molecule has 188 valence electrons. The molecule has 5 aromatic rings. The normalized spacial score (nSPS) is 11.4. The zero-order chi connectivity index (χ0) is 25.9. The first-order valence-electron chi connectivity index (χ1n) is 12.2. The first kappa shape index (κ1) is 24.2. The van der Waals surface area contributed by atoms with Crippen molar-refractivity contribution in [3.8, 4) is 23.1 Å². The lowest BCUT2D eigenvalue weighted by atomic mass is 10.0. The number of para-hydroxylation sites is 2. The summed E-state index contributed by atoms with van der Waals surface area (Å²) in [7, 11) is 0. The highest BCUT2D eigenvalue weighted by Gasteiger charge is 2.22. The number of ether oxygens (including phenoxy) is 1. The van der Waals surface area contributed by atoms with Crippen LogP contribution in [0.2, 0.25) is 0 Å². The molecule has 0 atom stereocenters. The van der Waals surface area contributed by atoms with Gasteiger partial charge in [0.15, 0.2) is 0 Å². The molecule has 2 aromatic heterocycles. The smallest absolute Gasteiger partial charge is 0.338 e. The van der Waals surface area contributed by atoms with Crippen molar-refractivity contribution >= 4 is 17.0 Å². The predicted molar refractivity (Wildman–Crippen MR) is 139 cm³/mol. The number of hydrogen-bond donors (Lipinski definition) is 2. The Labute approximate surface area is 213 Å². The van der Waals surface area contributed by atoms with Gasteiger partial charge in [-0.1, -0.05) is 50.2 Å². The Morgan fingerprint density at radius 2 is 1.76 bits per heavy atom. The van der Waals surface area contributed by atoms with Crippen molar-refractivity contribution in [2.45, 2.75) is 26.7 Å². The standard InChI is InChI=1S/C29H27FN4O3/c1-18(2)17-37-28(36)21-12-10-20(11-13-21)26-23(16-9-19-7-14-22(30)15-8-19)27(35)34(33-26)29-31-24-5-3-4-6-25(24)32-29/h3-8,10-15,18,35H,9,16-17H2,1-2H3,(H,31,32). The van der Waals surface area contributed by atoms with E-state index in [2.05, 4.69) is 9.97 Å². The van der Waals surface area contributed by atoms with Gasteiger partial charge in [-0.3, -0.25) is 0 Å². The number of nitrogens with zero attached hydrogens (tertiary/aromatic N) is 3. The predicted octanol–water partition coefficient (Wildman–Crippen LogP) is 5.86. The first-order valence-corrected chi connectivity index (χ1v) is 12.2. The highest BCUT2D eigenvalue weighted by atomic mass is 19.1. The summed E-state index contributed by atoms with van der Waals surface area (Å²) in [4.78, 5) is 20.1. The van der Waals surface area contributed by atoms with Gasteiger partial charge in [-0.05, 0) is 60.7 Å². The summed E-state index contributed by atoms with van der Waals surface area (Å²) in [6, 6.07) is 20.8. The number of rotatable bonds is 8. The van der Waals surface area contributed by atoms with Crippen LogP contribution in [0.3, 0.4) is 0 Å². The Balaban J connectivity index is 1.50. The van der Waals surface area contributed by atoms with Gasteiger partial charge in [-0.15, -0.1) is 0 Å². The van der Waals surface area contributed by atoms with Crippen LogP contribution in [0.5, 0.6) is 5.88 Å². The minimum atomic E-state index is -0.382. The second kappa shape index (κ2) is 10.3. The monoisotopic (exact) mass is 498 g/mol. The topological polar surface area (TPSA) is 93.0 Å². The molecule has 0 aliphatic heterocycles. The average molecular weight is 499 g/mol. The van der Waals surface area contributed by atoms with E-state index in [4.69, 9.17) is 9.84 Å². The Hall–Kier alpha value is -4.46. The molecule has 0 fully saturated rings. The largest absolute Gasteiger partial charge is 0.493 e. The van der Waals surface area contributed by atoms with Crippen molar-refractivity contribution in [3.63, 3.8) is 0 Å². The summed E-state index contributed by atoms with van der Waals surface area (Å²) in [5.41, 5.74) is 4.89. The Morgan fingerprint density at radius 3 is 2.46 bits per heavy atom. The molecule has 0 aliphatic rings. The quantitative estimate of drug-likeness (QED) is 0.262. The van der Waals surface area contributed by atoms with Crippen LogP contribution in [0.15, 0.2) is 72.8 Å². The number of halogens is 1. The number of nitrogens with one attached hydrogen (secondary N) is 1. The zero-order valence-corrected chi connectivity index (χ0v) is 20.6. The van der Waals surface area contributed by atoms with Gasteiger partial charge in [0, 0.05) is 11.1 Å². The number of esters is 1. The minimum Gasteiger partial charge on any atom is -0.493 e. The van der Waals surface area contributed by atoms with Crippen LogP contribution >= 0.6 is 0 Å². The molecule has 0 bridgehead atoms. The maximum absolute atomic E-state index is 13.4. The van der Waals surface area contributed by atoms with Gasteiger partial charge in [-0.2, -0.15) is 9.78 Å². The van der Waals surface area contributed by atoms with Crippen LogP contribution in [-0.2, 0) is 17.6 Å². The maximum Gasteiger partial charge on any atom is 0.338 e. The van der Waals surface area contributed by atoms with Crippen LogP contribution in [0.25, 0.3) is 28.2 Å². The number of aryl methyl sites for hydroxylation is 1. The second-order valence-electron chi connectivity index (χ2n) is 9.34. The number of aromatic nitrogens is 4. The van der Waals surface area contributed by atoms with Crippen LogP contribution < -0.4 is 0 Å². The molecule has 3 aromatic carbocycles. The van der Waals surface area contributed by atoms with Gasteiger partial charge < -0.3 is 14.8 Å². The van der Waals surface area contributed by atoms with Gasteiger partial charge >= 0.3 is 5.97 Å². The number of aromatic amines is 1. The van der Waals surface area contributed by atoms with Crippen molar-refractivity contribution in [1.29, 1.82) is 0 Å². The molecule has 0 aliphatic carbocycles. The van der Waals surface area contributed by atoms with E-state index < -0.39 is 0 Å². The summed E-state index contributed by atoms with van der Waals surface area (Å²) >= 11 is 0. The summed E-state index contributed by atoms with van der Waals surface area (Å²) in [6.45, 7) is 4.31. The third kappa shape index (κ3) is 5.23. The van der Waals surface area contributed by atoms with E-state index in [-0.39, 0.29) is 23.6 Å². The third-order valence-corrected chi connectivity index (χ3v) is 6.05. The second-order valence-corrected chi connectivity index (χ2v) is 9.34. The fourth-order valence-corrected chi connectivity index (χ4v) is 4.10. The van der Waals surface area contributed by atoms with E-state index in [9.17, 15) is 14.3 Å². The third-order valence-electron chi connectivity index (χ3n) is 6.05. The van der Waals surface area contributed by atoms with Crippen molar-refractivity contribution in [1.82, 2.24) is 19.7 Å². The summed E-state index contributed by atoms with van der Waals surface area (Å²) in [6.07, 6.45) is 1.04. The van der Waals surface area contributed by atoms with Crippen LogP contribution in [0.1, 0.15) is 35.3 Å². The summed E-state index contributed by atoms with van der Waals surface area (Å²) < 4.78 is 20.1. The lowest BCUT2D eigenvalue weighted by molar-refractivity contribution is 0.0459. The van der Waals surface area contributed by atoms with Crippen molar-refractivity contribution in [2.75, 3.05) is 6.61 Å². The number of H-pyrrole nitrogens is 1. The molecule has 2 heterocycles. The number of aromatic hydroxyl groups is 1. The van der Waals surface area contributed by atoms with E-state index in [0.717, 1.165) is 22.2 Å². The minimum absolute atomic E-state index is 0.0309. The van der Waals surface area contributed by atoms with Gasteiger partial charge in [0.1, 0.15) is 11.5 Å². The number of imidazole rings is 1. The van der Waals surface area contributed by atoms with Crippen LogP contribution in [-0.4, -0.2) is 37.4 Å². The Morgan fingerprint density at radius 1 is 1.03 bits per heavy atom. The first-order chi connectivity index (χ1) is 17.9. The highest BCUT2D eigenvalue weighted by Crippen LogP contribution is 2.33. The number of carbonyl (C=O) groups excluding carboxylic acids is 1. The number of fused-ring (bicyclic) bond motifs is 1. The van der Waals surface area contributed by atoms with E-state index in [1.807, 2.05) is 38.1 Å². The molecule has 5 rings (SSSR count).